The molecule has 0 bridgehead atoms. The molecule has 78 heavy (non-hydrogen) atoms. The lowest BCUT2D eigenvalue weighted by Crippen LogP contribution is -2.47. The Kier molecular flexibility index (Phi) is 16.0. The summed E-state index contributed by atoms with van der Waals surface area (Å²) in [6, 6.07) is 18.2. The lowest BCUT2D eigenvalue weighted by atomic mass is 9.82. The fourth-order valence-electron chi connectivity index (χ4n) is 10.7. The summed E-state index contributed by atoms with van der Waals surface area (Å²) in [4.78, 5) is 53.6. The number of aromatic nitrogens is 7. The van der Waals surface area contributed by atoms with Gasteiger partial charge in [-0.1, -0.05) is 11.2 Å². The highest BCUT2D eigenvalue weighted by Crippen LogP contribution is 2.41. The van der Waals surface area contributed by atoms with E-state index in [-0.39, 0.29) is 46.0 Å². The van der Waals surface area contributed by atoms with Crippen LogP contribution in [0.15, 0.2) is 104 Å². The average molecular weight is 1090 g/mol. The van der Waals surface area contributed by atoms with Gasteiger partial charge in [0.15, 0.2) is 5.76 Å². The molecule has 1 unspecified atom stereocenters. The molecule has 0 radical (unpaired) electrons. The Morgan fingerprint density at radius 3 is 1.55 bits per heavy atom. The summed E-state index contributed by atoms with van der Waals surface area (Å²) in [5.74, 6) is 0.940. The fraction of sp³-hybridized carbons (Fsp3) is 0.375. The maximum absolute atomic E-state index is 14.9. The van der Waals surface area contributed by atoms with Gasteiger partial charge in [-0.05, 0) is 123 Å². The molecule has 4 aromatic heterocycles. The van der Waals surface area contributed by atoms with Gasteiger partial charge in [-0.25, -0.2) is 28.1 Å². The molecule has 410 valence electrons. The molecular weight excluding hydrogens is 1030 g/mol. The van der Waals surface area contributed by atoms with Crippen LogP contribution >= 0.6 is 0 Å². The number of benzene rings is 3. The van der Waals surface area contributed by atoms with Gasteiger partial charge in [0.05, 0.1) is 46.9 Å². The van der Waals surface area contributed by atoms with Gasteiger partial charge in [-0.3, -0.25) is 32.4 Å². The number of hydrogen-bond acceptors (Lipinski definition) is 13. The molecule has 3 fully saturated rings. The van der Waals surface area contributed by atoms with E-state index in [1.165, 1.54) is 56.2 Å². The molecule has 1 spiro atoms. The molecule has 3 saturated heterocycles. The minimum Gasteiger partial charge on any atom is -0.381 e. The maximum atomic E-state index is 14.9. The molecule has 1 N–H and O–H groups in total. The second-order valence-corrected chi connectivity index (χ2v) is 21.9. The minimum absolute atomic E-state index is 0.0447. The first-order valence-electron chi connectivity index (χ1n) is 25.8. The first-order valence-corrected chi connectivity index (χ1v) is 27.2. The second-order valence-electron chi connectivity index (χ2n) is 20.2. The first kappa shape index (κ1) is 55.1. The molecule has 22 heteroatoms. The molecule has 1 atom stereocenters. The van der Waals surface area contributed by atoms with Crippen molar-refractivity contribution in [3.05, 3.63) is 179 Å². The van der Waals surface area contributed by atoms with Gasteiger partial charge in [0.2, 0.25) is 0 Å². The van der Waals surface area contributed by atoms with Gasteiger partial charge in [0.1, 0.15) is 34.9 Å². The minimum atomic E-state index is -3.74. The Hall–Kier alpha value is -7.69. The Labute approximate surface area is 449 Å². The predicted molar refractivity (Wildman–Crippen MR) is 292 cm³/mol. The van der Waals surface area contributed by atoms with E-state index in [2.05, 4.69) is 29.7 Å². The topological polar surface area (TPSA) is 196 Å². The summed E-state index contributed by atoms with van der Waals surface area (Å²) < 4.78 is 86.8. The number of anilines is 3. The van der Waals surface area contributed by atoms with Gasteiger partial charge >= 0.3 is 10.2 Å². The third-order valence-electron chi connectivity index (χ3n) is 14.4. The van der Waals surface area contributed by atoms with E-state index in [1.807, 2.05) is 17.9 Å². The summed E-state index contributed by atoms with van der Waals surface area (Å²) in [7, 11) is -3.74. The number of nitrogens with zero attached hydrogens (tertiary/aromatic N) is 10. The van der Waals surface area contributed by atoms with E-state index in [0.717, 1.165) is 79.3 Å². The number of rotatable bonds is 7. The molecular formula is C56H62F3N11O7S. The molecule has 18 nitrogen and oxygen atoms in total. The van der Waals surface area contributed by atoms with Crippen LogP contribution in [-0.2, 0) is 14.9 Å². The Morgan fingerprint density at radius 2 is 1.13 bits per heavy atom. The van der Waals surface area contributed by atoms with Crippen LogP contribution in [0.25, 0.3) is 22.6 Å². The van der Waals surface area contributed by atoms with E-state index in [4.69, 9.17) is 9.26 Å². The van der Waals surface area contributed by atoms with Crippen molar-refractivity contribution in [3.8, 4) is 17.1 Å². The van der Waals surface area contributed by atoms with Crippen molar-refractivity contribution in [3.63, 3.8) is 0 Å². The third kappa shape index (κ3) is 11.7. The van der Waals surface area contributed by atoms with Crippen molar-refractivity contribution in [2.24, 2.45) is 5.41 Å². The van der Waals surface area contributed by atoms with Crippen LogP contribution in [0.2, 0.25) is 0 Å². The van der Waals surface area contributed by atoms with E-state index in [1.54, 1.807) is 72.0 Å². The molecule has 4 aliphatic rings. The van der Waals surface area contributed by atoms with Crippen molar-refractivity contribution < 1.29 is 30.8 Å². The maximum Gasteiger partial charge on any atom is 0.301 e. The van der Waals surface area contributed by atoms with Crippen LogP contribution in [0.1, 0.15) is 78.0 Å². The highest BCUT2D eigenvalue weighted by molar-refractivity contribution is 7.90. The molecule has 3 aromatic carbocycles. The van der Waals surface area contributed by atoms with Crippen LogP contribution in [0.4, 0.5) is 30.2 Å². The van der Waals surface area contributed by atoms with Crippen LogP contribution < -0.4 is 35.5 Å². The number of ether oxygens (including phenoxy) is 1. The lowest BCUT2D eigenvalue weighted by Gasteiger charge is -2.33. The van der Waals surface area contributed by atoms with Gasteiger partial charge in [0, 0.05) is 110 Å². The van der Waals surface area contributed by atoms with Gasteiger partial charge < -0.3 is 19.1 Å². The van der Waals surface area contributed by atoms with E-state index in [0.29, 0.717) is 89.0 Å². The van der Waals surface area contributed by atoms with Crippen LogP contribution in [0, 0.1) is 71.3 Å². The standard InChI is InChI=1S/C21H21FN4O2.C20H24FN3O2.C15H17FN4O3S/c1-13-12-23-28-21(13)16-6-8-25(9-7-16)19-5-4-17(11-18(19)22)26-15(3)24-14(2)10-20(26)27;1-14-10-19(25)24(15(2)22-14)16-4-5-18(17(21)11-16)23-8-7-20(12-23)6-3-9-26-13-20;1-10-8-15(21)20(11(2)18-10)12-4-5-14(13(16)9-12)19-7-3-6-17-24(19,22)23/h4-6,10-12H,7-9H2,1-3H3;4-5,10-11H,3,6-9,12-13H2,1-2H3;4-5,8-9,17H,3,6-7H2,1-2H3. The third-order valence-corrected chi connectivity index (χ3v) is 15.9. The van der Waals surface area contributed by atoms with Crippen molar-refractivity contribution in [2.75, 3.05) is 66.6 Å². The summed E-state index contributed by atoms with van der Waals surface area (Å²) in [6.45, 7) is 17.4. The second kappa shape index (κ2) is 22.7. The van der Waals surface area contributed by atoms with Crippen molar-refractivity contribution >= 4 is 32.8 Å². The summed E-state index contributed by atoms with van der Waals surface area (Å²) in [5.41, 5.74) is 5.77. The van der Waals surface area contributed by atoms with Crippen LogP contribution in [0.5, 0.6) is 0 Å². The zero-order valence-electron chi connectivity index (χ0n) is 44.6. The smallest absolute Gasteiger partial charge is 0.301 e. The Bertz CT molecular complexity index is 3740. The number of aryl methyl sites for hydroxylation is 7. The summed E-state index contributed by atoms with van der Waals surface area (Å²) in [5, 5.41) is 3.82. The van der Waals surface area contributed by atoms with E-state index < -0.39 is 16.0 Å². The van der Waals surface area contributed by atoms with E-state index in [9.17, 15) is 36.0 Å². The lowest BCUT2D eigenvalue weighted by molar-refractivity contribution is 0.00437. The zero-order valence-corrected chi connectivity index (χ0v) is 45.5. The monoisotopic (exact) mass is 1090 g/mol. The zero-order chi connectivity index (χ0) is 55.6. The van der Waals surface area contributed by atoms with Crippen molar-refractivity contribution in [2.45, 2.75) is 80.6 Å². The summed E-state index contributed by atoms with van der Waals surface area (Å²) >= 11 is 0. The average Bonchev–Trinajstić information content (AvgIpc) is 4.07. The largest absolute Gasteiger partial charge is 0.381 e. The van der Waals surface area contributed by atoms with Gasteiger partial charge in [-0.2, -0.15) is 13.1 Å². The highest BCUT2D eigenvalue weighted by Gasteiger charge is 2.40. The normalized spacial score (nSPS) is 18.0. The van der Waals surface area contributed by atoms with Crippen molar-refractivity contribution in [1.82, 2.24) is 38.5 Å². The SMILES string of the molecule is Cc1cc(=O)n(-c2ccc(N3CC=C(c4oncc4C)CC3)c(F)c2)c(C)n1.Cc1cc(=O)n(-c2ccc(N3CCC4(CCCOC4)C3)c(F)c2)c(C)n1.Cc1cc(=O)n(-c2ccc(N3CCCNS3(=O)=O)c(F)c2)c(C)n1. The van der Waals surface area contributed by atoms with E-state index >= 15 is 0 Å². The molecule has 0 saturated carbocycles. The number of hydrogen-bond donors (Lipinski definition) is 1. The van der Waals surface area contributed by atoms with Crippen LogP contribution in [-0.4, -0.2) is 94.7 Å². The molecule has 8 heterocycles. The molecule has 4 aliphatic heterocycles. The molecule has 7 aromatic rings. The van der Waals surface area contributed by atoms with Crippen molar-refractivity contribution in [1.29, 1.82) is 0 Å². The predicted octanol–water partition coefficient (Wildman–Crippen LogP) is 7.61. The van der Waals surface area contributed by atoms with Crippen LogP contribution in [0.3, 0.4) is 0 Å². The Balaban J connectivity index is 0.000000143. The molecule has 0 aliphatic carbocycles. The van der Waals surface area contributed by atoms with Gasteiger partial charge in [-0.15, -0.1) is 0 Å². The number of halogens is 3. The highest BCUT2D eigenvalue weighted by atomic mass is 32.2. The van der Waals surface area contributed by atoms with Gasteiger partial charge in [0.25, 0.3) is 16.7 Å². The first-order chi connectivity index (χ1) is 37.2. The Morgan fingerprint density at radius 1 is 0.615 bits per heavy atom. The summed E-state index contributed by atoms with van der Waals surface area (Å²) in [6.07, 6.45) is 8.34. The number of nitrogens with one attached hydrogen (secondary N) is 1. The molecule has 0 amide bonds. The molecule has 11 rings (SSSR count). The fourth-order valence-corrected chi connectivity index (χ4v) is 12.1. The quantitative estimate of drug-likeness (QED) is 0.164.